The fourth-order valence-electron chi connectivity index (χ4n) is 1.87. The Balaban J connectivity index is 2.35. The van der Waals surface area contributed by atoms with Crippen molar-refractivity contribution in [3.63, 3.8) is 0 Å². The van der Waals surface area contributed by atoms with Crippen molar-refractivity contribution in [1.82, 2.24) is 15.5 Å². The molecule has 20 heavy (non-hydrogen) atoms. The van der Waals surface area contributed by atoms with Crippen molar-refractivity contribution >= 4 is 11.8 Å². The summed E-state index contributed by atoms with van der Waals surface area (Å²) in [5.74, 6) is -0.137. The van der Waals surface area contributed by atoms with Gasteiger partial charge in [0.2, 0.25) is 5.91 Å². The second-order valence-electron chi connectivity index (χ2n) is 4.85. The molecule has 0 aliphatic rings. The maximum atomic E-state index is 12.0. The summed E-state index contributed by atoms with van der Waals surface area (Å²) < 4.78 is 0. The number of hydrogen-bond donors (Lipinski definition) is 2. The molecule has 110 valence electrons. The first-order valence-corrected chi connectivity index (χ1v) is 6.82. The van der Waals surface area contributed by atoms with Crippen molar-refractivity contribution in [2.75, 3.05) is 33.7 Å². The molecule has 0 spiro atoms. The van der Waals surface area contributed by atoms with Crippen molar-refractivity contribution in [1.29, 1.82) is 0 Å². The molecule has 0 atom stereocenters. The highest BCUT2D eigenvalue weighted by atomic mass is 16.2. The third-order valence-corrected chi connectivity index (χ3v) is 2.84. The van der Waals surface area contributed by atoms with Crippen molar-refractivity contribution < 1.29 is 9.59 Å². The number of carbonyl (C=O) groups excluding carboxylic acids is 2. The zero-order valence-electron chi connectivity index (χ0n) is 12.4. The van der Waals surface area contributed by atoms with E-state index in [0.717, 1.165) is 12.0 Å². The highest BCUT2D eigenvalue weighted by Crippen LogP contribution is 2.08. The highest BCUT2D eigenvalue weighted by Gasteiger charge is 2.09. The molecule has 5 nitrogen and oxygen atoms in total. The van der Waals surface area contributed by atoms with E-state index in [1.54, 1.807) is 4.90 Å². The minimum atomic E-state index is -0.0932. The third-order valence-electron chi connectivity index (χ3n) is 2.84. The van der Waals surface area contributed by atoms with Crippen molar-refractivity contribution in [2.24, 2.45) is 0 Å². The molecule has 2 N–H and O–H groups in total. The van der Waals surface area contributed by atoms with Crippen LogP contribution >= 0.6 is 0 Å². The van der Waals surface area contributed by atoms with E-state index >= 15 is 0 Å². The predicted octanol–water partition coefficient (Wildman–Crippen LogP) is 0.657. The number of nitrogens with zero attached hydrogens (tertiary/aromatic N) is 1. The largest absolute Gasteiger partial charge is 0.353 e. The first-order valence-electron chi connectivity index (χ1n) is 6.82. The number of benzene rings is 1. The van der Waals surface area contributed by atoms with Crippen LogP contribution in [-0.4, -0.2) is 50.4 Å². The second-order valence-corrected chi connectivity index (χ2v) is 4.85. The van der Waals surface area contributed by atoms with Gasteiger partial charge in [-0.1, -0.05) is 25.1 Å². The van der Waals surface area contributed by atoms with Gasteiger partial charge in [0.25, 0.3) is 5.91 Å². The van der Waals surface area contributed by atoms with Crippen LogP contribution < -0.4 is 10.6 Å². The van der Waals surface area contributed by atoms with Gasteiger partial charge in [-0.25, -0.2) is 0 Å². The molecule has 0 unspecified atom stereocenters. The van der Waals surface area contributed by atoms with Crippen LogP contribution in [-0.2, 0) is 11.2 Å². The SMILES string of the molecule is CCc1ccccc1C(=O)NCCNC(=O)CN(C)C. The van der Waals surface area contributed by atoms with E-state index in [4.69, 9.17) is 0 Å². The van der Waals surface area contributed by atoms with Crippen LogP contribution in [0.5, 0.6) is 0 Å². The number of aryl methyl sites for hydroxylation is 1. The summed E-state index contributed by atoms with van der Waals surface area (Å²) in [5.41, 5.74) is 1.73. The van der Waals surface area contributed by atoms with Gasteiger partial charge < -0.3 is 15.5 Å². The summed E-state index contributed by atoms with van der Waals surface area (Å²) in [6.45, 7) is 3.24. The quantitative estimate of drug-likeness (QED) is 0.720. The number of carbonyl (C=O) groups is 2. The molecule has 0 aliphatic carbocycles. The van der Waals surface area contributed by atoms with Gasteiger partial charge >= 0.3 is 0 Å². The summed E-state index contributed by atoms with van der Waals surface area (Å²) in [6, 6.07) is 7.55. The third kappa shape index (κ3) is 5.40. The van der Waals surface area contributed by atoms with Crippen LogP contribution in [0.2, 0.25) is 0 Å². The Hall–Kier alpha value is -1.88. The van der Waals surface area contributed by atoms with Crippen LogP contribution in [0.4, 0.5) is 0 Å². The number of likely N-dealkylation sites (N-methyl/N-ethyl adjacent to an activating group) is 1. The molecule has 0 saturated carbocycles. The first-order chi connectivity index (χ1) is 9.54. The Morgan fingerprint density at radius 1 is 1.10 bits per heavy atom. The van der Waals surface area contributed by atoms with Crippen LogP contribution in [0.25, 0.3) is 0 Å². The van der Waals surface area contributed by atoms with E-state index < -0.39 is 0 Å². The van der Waals surface area contributed by atoms with Gasteiger partial charge in [-0.2, -0.15) is 0 Å². The molecular formula is C15H23N3O2. The lowest BCUT2D eigenvalue weighted by Gasteiger charge is -2.11. The molecule has 1 aromatic carbocycles. The molecule has 1 aromatic rings. The molecule has 5 heteroatoms. The Labute approximate surface area is 120 Å². The normalized spacial score (nSPS) is 10.4. The molecule has 0 aromatic heterocycles. The fraction of sp³-hybridized carbons (Fsp3) is 0.467. The molecule has 0 bridgehead atoms. The maximum absolute atomic E-state index is 12.0. The lowest BCUT2D eigenvalue weighted by atomic mass is 10.0. The molecule has 0 fully saturated rings. The zero-order chi connectivity index (χ0) is 15.0. The zero-order valence-corrected chi connectivity index (χ0v) is 12.4. The standard InChI is InChI=1S/C15H23N3O2/c1-4-12-7-5-6-8-13(12)15(20)17-10-9-16-14(19)11-18(2)3/h5-8H,4,9-11H2,1-3H3,(H,16,19)(H,17,20). The van der Waals surface area contributed by atoms with E-state index in [1.165, 1.54) is 0 Å². The lowest BCUT2D eigenvalue weighted by molar-refractivity contribution is -0.121. The Kier molecular flexibility index (Phi) is 6.73. The molecule has 0 saturated heterocycles. The van der Waals surface area contributed by atoms with Crippen LogP contribution in [0.15, 0.2) is 24.3 Å². The molecular weight excluding hydrogens is 254 g/mol. The van der Waals surface area contributed by atoms with Crippen molar-refractivity contribution in [2.45, 2.75) is 13.3 Å². The van der Waals surface area contributed by atoms with E-state index in [1.807, 2.05) is 45.3 Å². The van der Waals surface area contributed by atoms with Crippen LogP contribution in [0, 0.1) is 0 Å². The van der Waals surface area contributed by atoms with Crippen molar-refractivity contribution in [3.8, 4) is 0 Å². The molecule has 2 amide bonds. The summed E-state index contributed by atoms with van der Waals surface area (Å²) >= 11 is 0. The van der Waals surface area contributed by atoms with Gasteiger partial charge in [0.1, 0.15) is 0 Å². The smallest absolute Gasteiger partial charge is 0.251 e. The lowest BCUT2D eigenvalue weighted by Crippen LogP contribution is -2.38. The van der Waals surface area contributed by atoms with E-state index in [2.05, 4.69) is 10.6 Å². The summed E-state index contributed by atoms with van der Waals surface area (Å²) in [6.07, 6.45) is 0.823. The Bertz CT molecular complexity index is 458. The summed E-state index contributed by atoms with van der Waals surface area (Å²) in [5, 5.41) is 5.57. The molecule has 1 rings (SSSR count). The summed E-state index contributed by atoms with van der Waals surface area (Å²) in [4.78, 5) is 25.2. The van der Waals surface area contributed by atoms with Crippen LogP contribution in [0.3, 0.4) is 0 Å². The maximum Gasteiger partial charge on any atom is 0.251 e. The monoisotopic (exact) mass is 277 g/mol. The van der Waals surface area contributed by atoms with E-state index in [0.29, 0.717) is 25.2 Å². The highest BCUT2D eigenvalue weighted by molar-refractivity contribution is 5.95. The van der Waals surface area contributed by atoms with E-state index in [-0.39, 0.29) is 11.8 Å². The number of nitrogens with one attached hydrogen (secondary N) is 2. The first kappa shape index (κ1) is 16.2. The number of hydrogen-bond acceptors (Lipinski definition) is 3. The molecule has 0 heterocycles. The Morgan fingerprint density at radius 3 is 2.40 bits per heavy atom. The second kappa shape index (κ2) is 8.32. The van der Waals surface area contributed by atoms with Gasteiger partial charge in [0.15, 0.2) is 0 Å². The number of rotatable bonds is 7. The topological polar surface area (TPSA) is 61.4 Å². The molecule has 0 aliphatic heterocycles. The molecule has 0 radical (unpaired) electrons. The minimum Gasteiger partial charge on any atom is -0.353 e. The number of amides is 2. The van der Waals surface area contributed by atoms with Gasteiger partial charge in [-0.05, 0) is 32.1 Å². The Morgan fingerprint density at radius 2 is 1.75 bits per heavy atom. The predicted molar refractivity (Wildman–Crippen MR) is 79.7 cm³/mol. The average molecular weight is 277 g/mol. The van der Waals surface area contributed by atoms with E-state index in [9.17, 15) is 9.59 Å². The van der Waals surface area contributed by atoms with Crippen molar-refractivity contribution in [3.05, 3.63) is 35.4 Å². The van der Waals surface area contributed by atoms with Gasteiger partial charge in [-0.3, -0.25) is 9.59 Å². The average Bonchev–Trinajstić information content (AvgIpc) is 2.42. The fourth-order valence-corrected chi connectivity index (χ4v) is 1.87. The van der Waals surface area contributed by atoms with Gasteiger partial charge in [-0.15, -0.1) is 0 Å². The summed E-state index contributed by atoms with van der Waals surface area (Å²) in [7, 11) is 3.67. The van der Waals surface area contributed by atoms with Crippen LogP contribution in [0.1, 0.15) is 22.8 Å². The minimum absolute atomic E-state index is 0.0433. The van der Waals surface area contributed by atoms with Gasteiger partial charge in [0, 0.05) is 18.7 Å². The van der Waals surface area contributed by atoms with Gasteiger partial charge in [0.05, 0.1) is 6.54 Å².